The Kier molecular flexibility index (Phi) is 7.16. The van der Waals surface area contributed by atoms with Crippen LogP contribution < -0.4 is 9.80 Å². The predicted molar refractivity (Wildman–Crippen MR) is 156 cm³/mol. The molecule has 6 rings (SSSR count). The van der Waals surface area contributed by atoms with Crippen molar-refractivity contribution < 1.29 is 18.7 Å². The summed E-state index contributed by atoms with van der Waals surface area (Å²) in [6.45, 7) is 1.96. The van der Waals surface area contributed by atoms with Crippen LogP contribution in [-0.4, -0.2) is 94.9 Å². The molecule has 0 unspecified atom stereocenters. The summed E-state index contributed by atoms with van der Waals surface area (Å²) in [4.78, 5) is 32.9. The topological polar surface area (TPSA) is 113 Å². The fourth-order valence-corrected chi connectivity index (χ4v) is 5.91. The van der Waals surface area contributed by atoms with Crippen LogP contribution in [0, 0.1) is 23.0 Å². The van der Waals surface area contributed by atoms with Crippen LogP contribution in [0.25, 0.3) is 32.9 Å². The average Bonchev–Trinajstić information content (AvgIpc) is 2.94. The quantitative estimate of drug-likeness (QED) is 0.355. The summed E-state index contributed by atoms with van der Waals surface area (Å²) in [6, 6.07) is 9.75. The SMILES string of the molecule is CN(C)C1CN(c2nc(N3CCN(C(=O)O)[C@@H](CC#N)C3)c3cnc(-c4cccc5ccc(F)c(Cl)c45)c(F)c3n2)C1. The van der Waals surface area contributed by atoms with Gasteiger partial charge in [0, 0.05) is 55.9 Å². The number of carboxylic acid groups (broad SMARTS) is 1. The molecular formula is C29H27ClF2N8O2. The van der Waals surface area contributed by atoms with Gasteiger partial charge in [-0.3, -0.25) is 4.98 Å². The van der Waals surface area contributed by atoms with Gasteiger partial charge in [0.25, 0.3) is 0 Å². The summed E-state index contributed by atoms with van der Waals surface area (Å²) in [6.07, 6.45) is 0.395. The zero-order valence-electron chi connectivity index (χ0n) is 22.9. The van der Waals surface area contributed by atoms with Gasteiger partial charge in [-0.05, 0) is 25.5 Å². The molecule has 4 aromatic rings. The molecule has 2 saturated heterocycles. The number of anilines is 2. The Morgan fingerprint density at radius 3 is 2.64 bits per heavy atom. The van der Waals surface area contributed by atoms with Crippen LogP contribution in [0.2, 0.25) is 5.02 Å². The number of halogens is 3. The summed E-state index contributed by atoms with van der Waals surface area (Å²) in [5, 5.41) is 20.2. The molecule has 42 heavy (non-hydrogen) atoms. The zero-order chi connectivity index (χ0) is 29.7. The molecule has 13 heteroatoms. The number of nitriles is 1. The molecule has 0 radical (unpaired) electrons. The van der Waals surface area contributed by atoms with Gasteiger partial charge in [-0.1, -0.05) is 35.9 Å². The van der Waals surface area contributed by atoms with E-state index in [1.54, 1.807) is 24.3 Å². The summed E-state index contributed by atoms with van der Waals surface area (Å²) in [5.41, 5.74) is 0.346. The number of benzene rings is 2. The van der Waals surface area contributed by atoms with Crippen LogP contribution in [0.15, 0.2) is 36.5 Å². The molecule has 2 aromatic heterocycles. The number of rotatable bonds is 5. The Morgan fingerprint density at radius 1 is 1.14 bits per heavy atom. The number of carbonyl (C=O) groups is 1. The van der Waals surface area contributed by atoms with E-state index >= 15 is 4.39 Å². The highest BCUT2D eigenvalue weighted by Crippen LogP contribution is 2.39. The van der Waals surface area contributed by atoms with Crippen molar-refractivity contribution >= 4 is 51.1 Å². The highest BCUT2D eigenvalue weighted by Gasteiger charge is 2.35. The molecule has 2 aliphatic heterocycles. The molecule has 0 spiro atoms. The maximum absolute atomic E-state index is 16.5. The van der Waals surface area contributed by atoms with E-state index in [2.05, 4.69) is 20.9 Å². The van der Waals surface area contributed by atoms with Gasteiger partial charge in [0.2, 0.25) is 5.95 Å². The van der Waals surface area contributed by atoms with Crippen molar-refractivity contribution in [3.63, 3.8) is 0 Å². The van der Waals surface area contributed by atoms with Gasteiger partial charge in [-0.25, -0.2) is 18.6 Å². The van der Waals surface area contributed by atoms with Crippen molar-refractivity contribution in [3.05, 3.63) is 53.2 Å². The van der Waals surface area contributed by atoms with Crippen molar-refractivity contribution in [2.24, 2.45) is 0 Å². The summed E-state index contributed by atoms with van der Waals surface area (Å²) < 4.78 is 31.0. The fraction of sp³-hybridized carbons (Fsp3) is 0.345. The first-order valence-electron chi connectivity index (χ1n) is 13.4. The first-order chi connectivity index (χ1) is 20.2. The van der Waals surface area contributed by atoms with E-state index in [4.69, 9.17) is 16.6 Å². The Labute approximate surface area is 245 Å². The third kappa shape index (κ3) is 4.68. The normalized spacial score (nSPS) is 17.6. The number of hydrogen-bond acceptors (Lipinski definition) is 8. The minimum absolute atomic E-state index is 0.00444. The minimum Gasteiger partial charge on any atom is -0.465 e. The molecule has 0 bridgehead atoms. The number of piperazine rings is 1. The second-order valence-electron chi connectivity index (χ2n) is 10.8. The first kappa shape index (κ1) is 27.8. The van der Waals surface area contributed by atoms with E-state index in [1.165, 1.54) is 17.2 Å². The lowest BCUT2D eigenvalue weighted by molar-refractivity contribution is 0.119. The molecule has 1 N–H and O–H groups in total. The molecule has 0 saturated carbocycles. The Bertz CT molecular complexity index is 1760. The number of nitrogens with zero attached hydrogens (tertiary/aromatic N) is 8. The molecule has 2 fully saturated rings. The van der Waals surface area contributed by atoms with Crippen LogP contribution in [0.5, 0.6) is 0 Å². The fourth-order valence-electron chi connectivity index (χ4n) is 5.63. The Hall–Kier alpha value is -4.34. The van der Waals surface area contributed by atoms with Gasteiger partial charge in [-0.15, -0.1) is 0 Å². The number of likely N-dealkylation sites (N-methyl/N-ethyl adjacent to an activating group) is 1. The van der Waals surface area contributed by atoms with E-state index in [0.29, 0.717) is 53.1 Å². The van der Waals surface area contributed by atoms with Gasteiger partial charge in [-0.2, -0.15) is 10.2 Å². The third-order valence-corrected chi connectivity index (χ3v) is 8.44. The maximum Gasteiger partial charge on any atom is 0.407 e. The van der Waals surface area contributed by atoms with Gasteiger partial charge in [0.05, 0.1) is 28.9 Å². The predicted octanol–water partition coefficient (Wildman–Crippen LogP) is 4.61. The maximum atomic E-state index is 16.5. The largest absolute Gasteiger partial charge is 0.465 e. The molecule has 10 nitrogen and oxygen atoms in total. The van der Waals surface area contributed by atoms with E-state index in [9.17, 15) is 19.6 Å². The molecule has 0 aliphatic carbocycles. The van der Waals surface area contributed by atoms with Crippen molar-refractivity contribution in [1.29, 1.82) is 5.26 Å². The second-order valence-corrected chi connectivity index (χ2v) is 11.1. The second kappa shape index (κ2) is 10.8. The van der Waals surface area contributed by atoms with Crippen molar-refractivity contribution in [2.75, 3.05) is 56.6 Å². The highest BCUT2D eigenvalue weighted by molar-refractivity contribution is 6.36. The van der Waals surface area contributed by atoms with Gasteiger partial charge < -0.3 is 24.7 Å². The minimum atomic E-state index is -1.10. The summed E-state index contributed by atoms with van der Waals surface area (Å²) in [5.74, 6) is -0.569. The lowest BCUT2D eigenvalue weighted by Crippen LogP contribution is -2.58. The first-order valence-corrected chi connectivity index (χ1v) is 13.8. The third-order valence-electron chi connectivity index (χ3n) is 8.07. The van der Waals surface area contributed by atoms with Gasteiger partial charge >= 0.3 is 6.09 Å². The molecule has 4 heterocycles. The number of hydrogen-bond donors (Lipinski definition) is 1. The average molecular weight is 593 g/mol. The van der Waals surface area contributed by atoms with Crippen LogP contribution in [0.4, 0.5) is 25.3 Å². The molecular weight excluding hydrogens is 566 g/mol. The molecule has 1 atom stereocenters. The molecule has 1 amide bonds. The zero-order valence-corrected chi connectivity index (χ0v) is 23.7. The summed E-state index contributed by atoms with van der Waals surface area (Å²) >= 11 is 6.35. The number of amides is 1. The highest BCUT2D eigenvalue weighted by atomic mass is 35.5. The smallest absolute Gasteiger partial charge is 0.407 e. The van der Waals surface area contributed by atoms with Gasteiger partial charge in [0.15, 0.2) is 5.82 Å². The van der Waals surface area contributed by atoms with Crippen LogP contribution in [-0.2, 0) is 0 Å². The van der Waals surface area contributed by atoms with Crippen LogP contribution in [0.3, 0.4) is 0 Å². The summed E-state index contributed by atoms with van der Waals surface area (Å²) in [7, 11) is 3.98. The van der Waals surface area contributed by atoms with Crippen molar-refractivity contribution in [1.82, 2.24) is 24.8 Å². The number of aromatic nitrogens is 3. The van der Waals surface area contributed by atoms with Crippen molar-refractivity contribution in [2.45, 2.75) is 18.5 Å². The number of pyridine rings is 1. The van der Waals surface area contributed by atoms with E-state index in [0.717, 1.165) is 0 Å². The molecule has 2 aliphatic rings. The van der Waals surface area contributed by atoms with Crippen LogP contribution >= 0.6 is 11.6 Å². The van der Waals surface area contributed by atoms with E-state index in [1.807, 2.05) is 23.9 Å². The van der Waals surface area contributed by atoms with Gasteiger partial charge in [0.1, 0.15) is 22.8 Å². The Morgan fingerprint density at radius 2 is 1.93 bits per heavy atom. The molecule has 2 aromatic carbocycles. The van der Waals surface area contributed by atoms with Crippen molar-refractivity contribution in [3.8, 4) is 17.3 Å². The Balaban J connectivity index is 1.51. The monoisotopic (exact) mass is 592 g/mol. The number of fused-ring (bicyclic) bond motifs is 2. The lowest BCUT2D eigenvalue weighted by atomic mass is 10.0. The standard InChI is InChI=1S/C29H27ClF2N8O2/c1-37(2)18-14-39(15-18)28-35-26-20(27(36-28)38-10-11-40(29(41)42)17(13-38)8-9-33)12-34-25(24(26)32)19-5-3-4-16-6-7-21(31)23(30)22(16)19/h3-7,12,17-18H,8,10-11,13-15H2,1-2H3,(H,41,42)/t17-/m0/s1. The lowest BCUT2D eigenvalue weighted by Gasteiger charge is -2.43. The van der Waals surface area contributed by atoms with E-state index in [-0.39, 0.29) is 41.8 Å². The van der Waals surface area contributed by atoms with Crippen LogP contribution in [0.1, 0.15) is 6.42 Å². The molecule has 216 valence electrons. The van der Waals surface area contributed by atoms with E-state index < -0.39 is 23.8 Å².